The second-order valence-electron chi connectivity index (χ2n) is 3.75. The zero-order valence-corrected chi connectivity index (χ0v) is 11.0. The van der Waals surface area contributed by atoms with Gasteiger partial charge in [-0.05, 0) is 28.4 Å². The van der Waals surface area contributed by atoms with Gasteiger partial charge in [-0.3, -0.25) is 0 Å². The number of carboxylic acid groups (broad SMARTS) is 1. The molecule has 2 aromatic rings. The molecule has 5 heteroatoms. The van der Waals surface area contributed by atoms with E-state index in [9.17, 15) is 4.79 Å². The molecule has 0 unspecified atom stereocenters. The Hall–Kier alpha value is -1.62. The number of halogens is 1. The standard InChI is InChI=1S/C12H11BrN2O2/c1-7-5-3-4-6-8(7)11-14-9(12(16)17)10(13)15(11)2/h3-6H,1-2H3,(H,16,17). The highest BCUT2D eigenvalue weighted by molar-refractivity contribution is 9.10. The van der Waals surface area contributed by atoms with Crippen molar-refractivity contribution in [1.82, 2.24) is 9.55 Å². The van der Waals surface area contributed by atoms with E-state index in [1.807, 2.05) is 31.2 Å². The summed E-state index contributed by atoms with van der Waals surface area (Å²) < 4.78 is 2.20. The van der Waals surface area contributed by atoms with E-state index in [0.29, 0.717) is 10.4 Å². The Kier molecular flexibility index (Phi) is 3.02. The normalized spacial score (nSPS) is 10.5. The Bertz CT molecular complexity index is 590. The van der Waals surface area contributed by atoms with E-state index in [1.165, 1.54) is 0 Å². The van der Waals surface area contributed by atoms with Gasteiger partial charge >= 0.3 is 5.97 Å². The summed E-state index contributed by atoms with van der Waals surface area (Å²) in [7, 11) is 1.78. The lowest BCUT2D eigenvalue weighted by atomic mass is 10.1. The summed E-state index contributed by atoms with van der Waals surface area (Å²) in [6.07, 6.45) is 0. The van der Waals surface area contributed by atoms with Crippen LogP contribution >= 0.6 is 15.9 Å². The number of aromatic carboxylic acids is 1. The van der Waals surface area contributed by atoms with Crippen LogP contribution in [0.25, 0.3) is 11.4 Å². The average Bonchev–Trinajstić information content (AvgIpc) is 2.57. The summed E-state index contributed by atoms with van der Waals surface area (Å²) in [5, 5.41) is 9.01. The molecule has 0 aliphatic heterocycles. The van der Waals surface area contributed by atoms with Crippen molar-refractivity contribution < 1.29 is 9.90 Å². The van der Waals surface area contributed by atoms with Crippen LogP contribution in [0.5, 0.6) is 0 Å². The molecule has 1 N–H and O–H groups in total. The summed E-state index contributed by atoms with van der Waals surface area (Å²) >= 11 is 3.24. The molecule has 0 atom stereocenters. The molecule has 0 radical (unpaired) electrons. The van der Waals surface area contributed by atoms with Gasteiger partial charge in [0.2, 0.25) is 0 Å². The molecule has 0 fully saturated rings. The molecule has 0 amide bonds. The molecule has 0 bridgehead atoms. The molecule has 88 valence electrons. The zero-order chi connectivity index (χ0) is 12.6. The molecule has 0 saturated carbocycles. The molecule has 2 rings (SSSR count). The summed E-state index contributed by atoms with van der Waals surface area (Å²) in [6, 6.07) is 7.74. The predicted octanol–water partition coefficient (Wildman–Crippen LogP) is 2.86. The number of imidazole rings is 1. The van der Waals surface area contributed by atoms with Gasteiger partial charge in [-0.15, -0.1) is 0 Å². The third-order valence-corrected chi connectivity index (χ3v) is 3.52. The maximum atomic E-state index is 11.0. The van der Waals surface area contributed by atoms with Crippen LogP contribution < -0.4 is 0 Å². The van der Waals surface area contributed by atoms with Crippen molar-refractivity contribution >= 4 is 21.9 Å². The number of hydrogen-bond donors (Lipinski definition) is 1. The lowest BCUT2D eigenvalue weighted by Gasteiger charge is -2.05. The molecule has 0 saturated heterocycles. The summed E-state index contributed by atoms with van der Waals surface area (Å²) in [4.78, 5) is 15.2. The Labute approximate surface area is 107 Å². The Morgan fingerprint density at radius 1 is 1.41 bits per heavy atom. The summed E-state index contributed by atoms with van der Waals surface area (Å²) in [5.74, 6) is -0.389. The monoisotopic (exact) mass is 294 g/mol. The van der Waals surface area contributed by atoms with Crippen LogP contribution in [0.3, 0.4) is 0 Å². The van der Waals surface area contributed by atoms with Crippen molar-refractivity contribution in [2.45, 2.75) is 6.92 Å². The molecular weight excluding hydrogens is 284 g/mol. The second kappa shape index (κ2) is 4.33. The number of aromatic nitrogens is 2. The average molecular weight is 295 g/mol. The molecule has 0 spiro atoms. The lowest BCUT2D eigenvalue weighted by Crippen LogP contribution is -1.97. The first-order chi connectivity index (χ1) is 8.02. The SMILES string of the molecule is Cc1ccccc1-c1nc(C(=O)O)c(Br)n1C. The van der Waals surface area contributed by atoms with E-state index in [4.69, 9.17) is 5.11 Å². The maximum absolute atomic E-state index is 11.0. The van der Waals surface area contributed by atoms with Gasteiger partial charge in [-0.1, -0.05) is 24.3 Å². The lowest BCUT2D eigenvalue weighted by molar-refractivity contribution is 0.0690. The second-order valence-corrected chi connectivity index (χ2v) is 4.51. The van der Waals surface area contributed by atoms with Crippen molar-refractivity contribution in [2.24, 2.45) is 7.05 Å². The predicted molar refractivity (Wildman–Crippen MR) is 68.0 cm³/mol. The molecule has 1 aromatic heterocycles. The first kappa shape index (κ1) is 11.9. The Morgan fingerprint density at radius 3 is 2.59 bits per heavy atom. The third-order valence-electron chi connectivity index (χ3n) is 2.61. The van der Waals surface area contributed by atoms with Gasteiger partial charge in [0.25, 0.3) is 0 Å². The molecule has 0 aliphatic rings. The topological polar surface area (TPSA) is 55.1 Å². The number of rotatable bonds is 2. The first-order valence-corrected chi connectivity index (χ1v) is 5.83. The number of carboxylic acids is 1. The molecule has 1 heterocycles. The number of carbonyl (C=O) groups is 1. The van der Waals surface area contributed by atoms with Crippen LogP contribution in [-0.2, 0) is 7.05 Å². The van der Waals surface area contributed by atoms with Crippen LogP contribution in [0.15, 0.2) is 28.9 Å². The van der Waals surface area contributed by atoms with Gasteiger partial charge < -0.3 is 9.67 Å². The van der Waals surface area contributed by atoms with E-state index in [0.717, 1.165) is 11.1 Å². The van der Waals surface area contributed by atoms with Gasteiger partial charge in [0.1, 0.15) is 10.4 Å². The van der Waals surface area contributed by atoms with Crippen molar-refractivity contribution in [3.05, 3.63) is 40.1 Å². The minimum absolute atomic E-state index is 0.0331. The van der Waals surface area contributed by atoms with Crippen molar-refractivity contribution in [3.8, 4) is 11.4 Å². The van der Waals surface area contributed by atoms with Gasteiger partial charge in [-0.2, -0.15) is 0 Å². The first-order valence-electron chi connectivity index (χ1n) is 5.04. The van der Waals surface area contributed by atoms with Gasteiger partial charge in [0.05, 0.1) is 0 Å². The highest BCUT2D eigenvalue weighted by Gasteiger charge is 2.19. The number of hydrogen-bond acceptors (Lipinski definition) is 2. The fraction of sp³-hybridized carbons (Fsp3) is 0.167. The van der Waals surface area contributed by atoms with E-state index in [-0.39, 0.29) is 5.69 Å². The summed E-state index contributed by atoms with van der Waals surface area (Å²) in [5.41, 5.74) is 2.03. The van der Waals surface area contributed by atoms with Gasteiger partial charge in [0.15, 0.2) is 5.69 Å². The van der Waals surface area contributed by atoms with Crippen LogP contribution in [0.2, 0.25) is 0 Å². The van der Waals surface area contributed by atoms with Crippen LogP contribution in [0.1, 0.15) is 16.1 Å². The van der Waals surface area contributed by atoms with Crippen molar-refractivity contribution in [1.29, 1.82) is 0 Å². The Morgan fingerprint density at radius 2 is 2.06 bits per heavy atom. The number of aryl methyl sites for hydroxylation is 1. The smallest absolute Gasteiger partial charge is 0.357 e. The van der Waals surface area contributed by atoms with Crippen LogP contribution in [0.4, 0.5) is 0 Å². The minimum atomic E-state index is -1.03. The number of nitrogens with zero attached hydrogens (tertiary/aromatic N) is 2. The molecular formula is C12H11BrN2O2. The minimum Gasteiger partial charge on any atom is -0.476 e. The van der Waals surface area contributed by atoms with Gasteiger partial charge in [0, 0.05) is 12.6 Å². The van der Waals surface area contributed by atoms with E-state index in [1.54, 1.807) is 11.6 Å². The third kappa shape index (κ3) is 1.98. The molecule has 4 nitrogen and oxygen atoms in total. The van der Waals surface area contributed by atoms with E-state index in [2.05, 4.69) is 20.9 Å². The van der Waals surface area contributed by atoms with E-state index < -0.39 is 5.97 Å². The van der Waals surface area contributed by atoms with Crippen LogP contribution in [-0.4, -0.2) is 20.6 Å². The van der Waals surface area contributed by atoms with Crippen molar-refractivity contribution in [3.63, 3.8) is 0 Å². The fourth-order valence-corrected chi connectivity index (χ4v) is 2.11. The zero-order valence-electron chi connectivity index (χ0n) is 9.44. The van der Waals surface area contributed by atoms with Crippen molar-refractivity contribution in [2.75, 3.05) is 0 Å². The van der Waals surface area contributed by atoms with E-state index >= 15 is 0 Å². The molecule has 0 aliphatic carbocycles. The Balaban J connectivity index is 2.66. The maximum Gasteiger partial charge on any atom is 0.357 e. The number of benzene rings is 1. The summed E-state index contributed by atoms with van der Waals surface area (Å²) in [6.45, 7) is 1.97. The van der Waals surface area contributed by atoms with Gasteiger partial charge in [-0.25, -0.2) is 9.78 Å². The quantitative estimate of drug-likeness (QED) is 0.927. The molecule has 1 aromatic carbocycles. The molecule has 17 heavy (non-hydrogen) atoms. The highest BCUT2D eigenvalue weighted by Crippen LogP contribution is 2.27. The largest absolute Gasteiger partial charge is 0.476 e. The highest BCUT2D eigenvalue weighted by atomic mass is 79.9. The van der Waals surface area contributed by atoms with Crippen LogP contribution in [0, 0.1) is 6.92 Å². The fourth-order valence-electron chi connectivity index (χ4n) is 1.68.